The molecule has 1 aliphatic carbocycles. The molecule has 1 fully saturated rings. The second-order valence-corrected chi connectivity index (χ2v) is 6.79. The summed E-state index contributed by atoms with van der Waals surface area (Å²) >= 11 is 1.62. The molecule has 5 nitrogen and oxygen atoms in total. The summed E-state index contributed by atoms with van der Waals surface area (Å²) in [5, 5.41) is 17.8. The largest absolute Gasteiger partial charge is 0.384 e. The molecule has 1 N–H and O–H groups in total. The minimum atomic E-state index is 0.552. The Hall–Kier alpha value is -1.95. The normalized spacial score (nSPS) is 17.7. The zero-order chi connectivity index (χ0) is 13.8. The topological polar surface area (TPSA) is 55.1 Å². The van der Waals surface area contributed by atoms with E-state index in [1.807, 2.05) is 4.52 Å². The Bertz CT molecular complexity index is 830. The number of rotatable bonds is 2. The van der Waals surface area contributed by atoms with Crippen LogP contribution in [-0.4, -0.2) is 26.4 Å². The van der Waals surface area contributed by atoms with Crippen molar-refractivity contribution in [3.8, 4) is 10.6 Å². The van der Waals surface area contributed by atoms with Crippen LogP contribution in [0.2, 0.25) is 0 Å². The van der Waals surface area contributed by atoms with Crippen LogP contribution in [-0.2, 0) is 6.42 Å². The number of benzene rings is 1. The van der Waals surface area contributed by atoms with Gasteiger partial charge in [-0.3, -0.25) is 0 Å². The van der Waals surface area contributed by atoms with Gasteiger partial charge in [0.15, 0.2) is 5.82 Å². The summed E-state index contributed by atoms with van der Waals surface area (Å²) in [5.41, 5.74) is 3.81. The van der Waals surface area contributed by atoms with Crippen molar-refractivity contribution in [1.29, 1.82) is 0 Å². The Morgan fingerprint density at radius 1 is 1.24 bits per heavy atom. The van der Waals surface area contributed by atoms with Crippen LogP contribution in [0.15, 0.2) is 18.2 Å². The second-order valence-electron chi connectivity index (χ2n) is 5.84. The van der Waals surface area contributed by atoms with Crippen LogP contribution in [0.5, 0.6) is 0 Å². The van der Waals surface area contributed by atoms with E-state index in [0.29, 0.717) is 5.92 Å². The zero-order valence-electron chi connectivity index (χ0n) is 11.5. The molecule has 3 heterocycles. The van der Waals surface area contributed by atoms with Crippen molar-refractivity contribution in [3.05, 3.63) is 29.6 Å². The van der Waals surface area contributed by atoms with Crippen LogP contribution in [0.3, 0.4) is 0 Å². The molecule has 2 aromatic heterocycles. The molecule has 3 aromatic rings. The van der Waals surface area contributed by atoms with Gasteiger partial charge in [0.1, 0.15) is 5.01 Å². The van der Waals surface area contributed by atoms with E-state index in [0.717, 1.165) is 28.8 Å². The third-order valence-corrected chi connectivity index (χ3v) is 5.50. The molecule has 0 saturated heterocycles. The van der Waals surface area contributed by atoms with Gasteiger partial charge in [0.2, 0.25) is 4.96 Å². The Kier molecular flexibility index (Phi) is 2.38. The monoisotopic (exact) mass is 297 g/mol. The van der Waals surface area contributed by atoms with Gasteiger partial charge in [0.05, 0.1) is 0 Å². The van der Waals surface area contributed by atoms with Gasteiger partial charge >= 0.3 is 0 Å². The van der Waals surface area contributed by atoms with E-state index in [1.165, 1.54) is 36.1 Å². The van der Waals surface area contributed by atoms with E-state index in [2.05, 4.69) is 33.7 Å². The summed E-state index contributed by atoms with van der Waals surface area (Å²) in [6, 6.07) is 6.58. The number of hydrogen-bond acceptors (Lipinski definition) is 5. The van der Waals surface area contributed by atoms with Crippen molar-refractivity contribution in [1.82, 2.24) is 19.8 Å². The van der Waals surface area contributed by atoms with Crippen molar-refractivity contribution in [3.63, 3.8) is 0 Å². The molecule has 5 rings (SSSR count). The van der Waals surface area contributed by atoms with E-state index in [-0.39, 0.29) is 0 Å². The average molecular weight is 297 g/mol. The SMILES string of the molecule is c1cc2c(cc1-c1nn3c(C4CCC4)nnc3s1)NCC2. The molecule has 0 amide bonds. The first-order valence-electron chi connectivity index (χ1n) is 7.48. The van der Waals surface area contributed by atoms with Gasteiger partial charge in [-0.05, 0) is 30.9 Å². The average Bonchev–Trinajstić information content (AvgIpc) is 3.11. The first-order chi connectivity index (χ1) is 10.4. The van der Waals surface area contributed by atoms with Crippen LogP contribution in [0.1, 0.15) is 36.6 Å². The lowest BCUT2D eigenvalue weighted by Gasteiger charge is -2.22. The Labute approximate surface area is 126 Å². The molecule has 0 radical (unpaired) electrons. The molecular formula is C15H15N5S. The molecule has 0 bridgehead atoms. The molecular weight excluding hydrogens is 282 g/mol. The second kappa shape index (κ2) is 4.27. The van der Waals surface area contributed by atoms with Crippen molar-refractivity contribution >= 4 is 22.0 Å². The number of hydrogen-bond donors (Lipinski definition) is 1. The highest BCUT2D eigenvalue weighted by Gasteiger charge is 2.26. The van der Waals surface area contributed by atoms with E-state index < -0.39 is 0 Å². The summed E-state index contributed by atoms with van der Waals surface area (Å²) in [6.45, 7) is 1.04. The number of anilines is 1. The third kappa shape index (κ3) is 1.72. The number of aromatic nitrogens is 4. The lowest BCUT2D eigenvalue weighted by molar-refractivity contribution is 0.395. The molecule has 106 valence electrons. The van der Waals surface area contributed by atoms with Gasteiger partial charge in [-0.15, -0.1) is 10.2 Å². The summed E-state index contributed by atoms with van der Waals surface area (Å²) in [6.07, 6.45) is 4.85. The molecule has 1 saturated carbocycles. The highest BCUT2D eigenvalue weighted by Crippen LogP contribution is 2.37. The van der Waals surface area contributed by atoms with Gasteiger partial charge in [-0.2, -0.15) is 9.61 Å². The van der Waals surface area contributed by atoms with E-state index >= 15 is 0 Å². The van der Waals surface area contributed by atoms with Crippen LogP contribution in [0, 0.1) is 0 Å². The quantitative estimate of drug-likeness (QED) is 0.789. The molecule has 0 spiro atoms. The van der Waals surface area contributed by atoms with Crippen molar-refractivity contribution < 1.29 is 0 Å². The first-order valence-corrected chi connectivity index (χ1v) is 8.29. The summed E-state index contributed by atoms with van der Waals surface area (Å²) in [4.78, 5) is 0.903. The van der Waals surface area contributed by atoms with E-state index in [4.69, 9.17) is 5.10 Å². The fourth-order valence-electron chi connectivity index (χ4n) is 3.09. The van der Waals surface area contributed by atoms with Crippen molar-refractivity contribution in [2.45, 2.75) is 31.6 Å². The fourth-order valence-corrected chi connectivity index (χ4v) is 3.94. The smallest absolute Gasteiger partial charge is 0.234 e. The highest BCUT2D eigenvalue weighted by molar-refractivity contribution is 7.19. The molecule has 0 unspecified atom stereocenters. The predicted molar refractivity (Wildman–Crippen MR) is 82.9 cm³/mol. The minimum Gasteiger partial charge on any atom is -0.384 e. The van der Waals surface area contributed by atoms with Crippen LogP contribution in [0.25, 0.3) is 15.5 Å². The summed E-state index contributed by atoms with van der Waals surface area (Å²) in [5.74, 6) is 1.59. The predicted octanol–water partition coefficient (Wildman–Crippen LogP) is 3.09. The van der Waals surface area contributed by atoms with Crippen LogP contribution >= 0.6 is 11.3 Å². The Morgan fingerprint density at radius 2 is 2.19 bits per heavy atom. The maximum atomic E-state index is 4.75. The fraction of sp³-hybridized carbons (Fsp3) is 0.400. The summed E-state index contributed by atoms with van der Waals surface area (Å²) < 4.78 is 1.95. The molecule has 1 aromatic carbocycles. The minimum absolute atomic E-state index is 0.552. The Morgan fingerprint density at radius 3 is 3.05 bits per heavy atom. The van der Waals surface area contributed by atoms with Crippen LogP contribution < -0.4 is 5.32 Å². The van der Waals surface area contributed by atoms with Crippen molar-refractivity contribution in [2.75, 3.05) is 11.9 Å². The molecule has 2 aliphatic rings. The lowest BCUT2D eigenvalue weighted by Crippen LogP contribution is -2.12. The van der Waals surface area contributed by atoms with Crippen molar-refractivity contribution in [2.24, 2.45) is 0 Å². The summed E-state index contributed by atoms with van der Waals surface area (Å²) in [7, 11) is 0. The molecule has 21 heavy (non-hydrogen) atoms. The lowest BCUT2D eigenvalue weighted by atomic mass is 9.85. The first kappa shape index (κ1) is 11.7. The molecule has 0 atom stereocenters. The zero-order valence-corrected chi connectivity index (χ0v) is 12.4. The van der Waals surface area contributed by atoms with E-state index in [9.17, 15) is 0 Å². The van der Waals surface area contributed by atoms with E-state index in [1.54, 1.807) is 11.3 Å². The van der Waals surface area contributed by atoms with Gasteiger partial charge in [0.25, 0.3) is 0 Å². The van der Waals surface area contributed by atoms with Gasteiger partial charge in [-0.25, -0.2) is 0 Å². The standard InChI is InChI=1S/C15H15N5S/c1-2-10(3-1)13-17-18-15-20(13)19-14(21-15)11-5-4-9-6-7-16-12(9)8-11/h4-5,8,10,16H,1-3,6-7H2. The maximum absolute atomic E-state index is 4.75. The molecule has 1 aliphatic heterocycles. The maximum Gasteiger partial charge on any atom is 0.234 e. The van der Waals surface area contributed by atoms with Crippen LogP contribution in [0.4, 0.5) is 5.69 Å². The number of fused-ring (bicyclic) bond motifs is 2. The number of nitrogens with one attached hydrogen (secondary N) is 1. The highest BCUT2D eigenvalue weighted by atomic mass is 32.1. The number of nitrogens with zero attached hydrogens (tertiary/aromatic N) is 4. The van der Waals surface area contributed by atoms with Gasteiger partial charge in [-0.1, -0.05) is 29.9 Å². The Balaban J connectivity index is 1.59. The third-order valence-electron chi connectivity index (χ3n) is 4.55. The molecule has 6 heteroatoms. The van der Waals surface area contributed by atoms with Gasteiger partial charge < -0.3 is 5.32 Å². The van der Waals surface area contributed by atoms with Gasteiger partial charge in [0, 0.05) is 23.7 Å².